The van der Waals surface area contributed by atoms with E-state index in [0.717, 1.165) is 0 Å². The van der Waals surface area contributed by atoms with E-state index >= 15 is 0 Å². The molecule has 1 heterocycles. The molecule has 0 unspecified atom stereocenters. The Labute approximate surface area is 106 Å². The van der Waals surface area contributed by atoms with E-state index < -0.39 is 6.09 Å². The van der Waals surface area contributed by atoms with E-state index in [9.17, 15) is 4.79 Å². The molecule has 18 heavy (non-hydrogen) atoms. The third-order valence-electron chi connectivity index (χ3n) is 2.27. The Morgan fingerprint density at radius 2 is 2.17 bits per heavy atom. The SMILES string of the molecule is Cc1onc(CCOC(=O)NC(C)(C)C)c1CO. The van der Waals surface area contributed by atoms with Gasteiger partial charge in [0.25, 0.3) is 0 Å². The standard InChI is InChI=1S/C12H20N2O4/c1-8-9(7-15)10(14-18-8)5-6-17-11(16)13-12(2,3)4/h15H,5-7H2,1-4H3,(H,13,16). The molecule has 1 aromatic rings. The quantitative estimate of drug-likeness (QED) is 0.853. The zero-order valence-corrected chi connectivity index (χ0v) is 11.2. The Hall–Kier alpha value is -1.56. The second-order valence-electron chi connectivity index (χ2n) is 5.08. The van der Waals surface area contributed by atoms with Crippen molar-refractivity contribution in [1.29, 1.82) is 0 Å². The second kappa shape index (κ2) is 5.86. The summed E-state index contributed by atoms with van der Waals surface area (Å²) in [5, 5.41) is 15.6. The average Bonchev–Trinajstić information content (AvgIpc) is 2.56. The Kier molecular flexibility index (Phi) is 4.72. The molecule has 1 aromatic heterocycles. The molecule has 0 aromatic carbocycles. The molecule has 0 atom stereocenters. The molecule has 0 bridgehead atoms. The Morgan fingerprint density at radius 3 is 2.72 bits per heavy atom. The summed E-state index contributed by atoms with van der Waals surface area (Å²) in [6.45, 7) is 7.42. The topological polar surface area (TPSA) is 84.6 Å². The number of carbonyl (C=O) groups is 1. The van der Waals surface area contributed by atoms with Gasteiger partial charge in [0.2, 0.25) is 0 Å². The normalized spacial score (nSPS) is 11.4. The molecule has 1 amide bonds. The number of nitrogens with zero attached hydrogens (tertiary/aromatic N) is 1. The molecule has 0 radical (unpaired) electrons. The smallest absolute Gasteiger partial charge is 0.407 e. The molecule has 0 aliphatic carbocycles. The molecular weight excluding hydrogens is 236 g/mol. The number of aryl methyl sites for hydroxylation is 1. The minimum atomic E-state index is -0.465. The predicted octanol–water partition coefficient (Wildman–Crippen LogP) is 1.54. The van der Waals surface area contributed by atoms with Crippen LogP contribution in [0.5, 0.6) is 0 Å². The first-order valence-corrected chi connectivity index (χ1v) is 5.83. The van der Waals surface area contributed by atoms with Crippen LogP contribution in [0, 0.1) is 6.92 Å². The highest BCUT2D eigenvalue weighted by Gasteiger charge is 2.16. The van der Waals surface area contributed by atoms with Crippen LogP contribution >= 0.6 is 0 Å². The molecular formula is C12H20N2O4. The van der Waals surface area contributed by atoms with Gasteiger partial charge in [0.15, 0.2) is 0 Å². The van der Waals surface area contributed by atoms with Crippen molar-refractivity contribution in [1.82, 2.24) is 10.5 Å². The molecule has 0 spiro atoms. The van der Waals surface area contributed by atoms with Crippen molar-refractivity contribution in [3.05, 3.63) is 17.0 Å². The first-order chi connectivity index (χ1) is 8.33. The maximum absolute atomic E-state index is 11.4. The van der Waals surface area contributed by atoms with Gasteiger partial charge < -0.3 is 19.7 Å². The van der Waals surface area contributed by atoms with E-state index in [0.29, 0.717) is 23.4 Å². The van der Waals surface area contributed by atoms with Crippen LogP contribution < -0.4 is 5.32 Å². The highest BCUT2D eigenvalue weighted by molar-refractivity contribution is 5.68. The number of amides is 1. The number of aromatic nitrogens is 1. The summed E-state index contributed by atoms with van der Waals surface area (Å²) < 4.78 is 9.98. The lowest BCUT2D eigenvalue weighted by atomic mass is 10.1. The Bertz CT molecular complexity index is 407. The van der Waals surface area contributed by atoms with Crippen molar-refractivity contribution >= 4 is 6.09 Å². The second-order valence-corrected chi connectivity index (χ2v) is 5.08. The van der Waals surface area contributed by atoms with E-state index in [1.165, 1.54) is 0 Å². The number of nitrogens with one attached hydrogen (secondary N) is 1. The summed E-state index contributed by atoms with van der Waals surface area (Å²) in [5.41, 5.74) is 0.964. The van der Waals surface area contributed by atoms with Crippen LogP contribution in [-0.4, -0.2) is 28.5 Å². The predicted molar refractivity (Wildman–Crippen MR) is 65.1 cm³/mol. The van der Waals surface area contributed by atoms with Crippen molar-refractivity contribution in [2.45, 2.75) is 46.3 Å². The third kappa shape index (κ3) is 4.37. The zero-order chi connectivity index (χ0) is 13.8. The summed E-state index contributed by atoms with van der Waals surface area (Å²) in [6.07, 6.45) is -0.0431. The Balaban J connectivity index is 2.40. The van der Waals surface area contributed by atoms with Crippen LogP contribution in [0.2, 0.25) is 0 Å². The van der Waals surface area contributed by atoms with Gasteiger partial charge in [-0.2, -0.15) is 0 Å². The van der Waals surface area contributed by atoms with Gasteiger partial charge in [0.1, 0.15) is 5.76 Å². The fraction of sp³-hybridized carbons (Fsp3) is 0.667. The van der Waals surface area contributed by atoms with Crippen LogP contribution in [0.3, 0.4) is 0 Å². The molecule has 2 N–H and O–H groups in total. The van der Waals surface area contributed by atoms with Gasteiger partial charge in [-0.15, -0.1) is 0 Å². The van der Waals surface area contributed by atoms with Crippen molar-refractivity contribution in [3.63, 3.8) is 0 Å². The number of aliphatic hydroxyl groups is 1. The van der Waals surface area contributed by atoms with Gasteiger partial charge in [0, 0.05) is 17.5 Å². The summed E-state index contributed by atoms with van der Waals surface area (Å²) >= 11 is 0. The van der Waals surface area contributed by atoms with Gasteiger partial charge in [-0.1, -0.05) is 5.16 Å². The van der Waals surface area contributed by atoms with Gasteiger partial charge in [0.05, 0.1) is 18.9 Å². The minimum Gasteiger partial charge on any atom is -0.449 e. The monoisotopic (exact) mass is 256 g/mol. The molecule has 0 saturated carbocycles. The van der Waals surface area contributed by atoms with E-state index in [-0.39, 0.29) is 18.8 Å². The van der Waals surface area contributed by atoms with E-state index in [1.807, 2.05) is 20.8 Å². The maximum atomic E-state index is 11.4. The average molecular weight is 256 g/mol. The lowest BCUT2D eigenvalue weighted by Gasteiger charge is -2.19. The van der Waals surface area contributed by atoms with Gasteiger partial charge in [-0.25, -0.2) is 4.79 Å². The van der Waals surface area contributed by atoms with Crippen LogP contribution in [0.4, 0.5) is 4.79 Å². The first-order valence-electron chi connectivity index (χ1n) is 5.83. The van der Waals surface area contributed by atoms with Crippen LogP contribution in [0.25, 0.3) is 0 Å². The molecule has 1 rings (SSSR count). The van der Waals surface area contributed by atoms with E-state index in [2.05, 4.69) is 10.5 Å². The highest BCUT2D eigenvalue weighted by Crippen LogP contribution is 2.13. The number of ether oxygens (including phenoxy) is 1. The zero-order valence-electron chi connectivity index (χ0n) is 11.2. The number of rotatable bonds is 4. The largest absolute Gasteiger partial charge is 0.449 e. The van der Waals surface area contributed by atoms with Crippen LogP contribution in [0.15, 0.2) is 4.52 Å². The van der Waals surface area contributed by atoms with Gasteiger partial charge >= 0.3 is 6.09 Å². The van der Waals surface area contributed by atoms with Gasteiger partial charge in [-0.3, -0.25) is 0 Å². The summed E-state index contributed by atoms with van der Waals surface area (Å²) in [5.74, 6) is 0.589. The molecule has 0 aliphatic heterocycles. The van der Waals surface area contributed by atoms with E-state index in [4.69, 9.17) is 14.4 Å². The Morgan fingerprint density at radius 1 is 1.50 bits per heavy atom. The van der Waals surface area contributed by atoms with Gasteiger partial charge in [-0.05, 0) is 27.7 Å². The van der Waals surface area contributed by atoms with Crippen molar-refractivity contribution in [2.24, 2.45) is 0 Å². The van der Waals surface area contributed by atoms with Crippen molar-refractivity contribution in [3.8, 4) is 0 Å². The summed E-state index contributed by atoms with van der Waals surface area (Å²) in [7, 11) is 0. The van der Waals surface area contributed by atoms with Crippen LogP contribution in [0.1, 0.15) is 37.8 Å². The fourth-order valence-electron chi connectivity index (χ4n) is 1.42. The molecule has 6 nitrogen and oxygen atoms in total. The van der Waals surface area contributed by atoms with Crippen molar-refractivity contribution < 1.29 is 19.2 Å². The number of aliphatic hydroxyl groups excluding tert-OH is 1. The van der Waals surface area contributed by atoms with Crippen LogP contribution in [-0.2, 0) is 17.8 Å². The lowest BCUT2D eigenvalue weighted by Crippen LogP contribution is -2.41. The maximum Gasteiger partial charge on any atom is 0.407 e. The number of hydrogen-bond donors (Lipinski definition) is 2. The number of alkyl carbamates (subject to hydrolysis) is 1. The molecule has 102 valence electrons. The number of hydrogen-bond acceptors (Lipinski definition) is 5. The fourth-order valence-corrected chi connectivity index (χ4v) is 1.42. The van der Waals surface area contributed by atoms with Crippen molar-refractivity contribution in [2.75, 3.05) is 6.61 Å². The molecule has 0 saturated heterocycles. The first kappa shape index (κ1) is 14.5. The summed E-state index contributed by atoms with van der Waals surface area (Å²) in [4.78, 5) is 11.4. The highest BCUT2D eigenvalue weighted by atomic mass is 16.5. The molecule has 0 fully saturated rings. The third-order valence-corrected chi connectivity index (χ3v) is 2.27. The lowest BCUT2D eigenvalue weighted by molar-refractivity contribution is 0.138. The molecule has 6 heteroatoms. The van der Waals surface area contributed by atoms with E-state index in [1.54, 1.807) is 6.92 Å². The number of carbonyl (C=O) groups excluding carboxylic acids is 1. The summed E-state index contributed by atoms with van der Waals surface area (Å²) in [6, 6.07) is 0. The minimum absolute atomic E-state index is 0.126. The molecule has 0 aliphatic rings.